The smallest absolute Gasteiger partial charge is 0.236 e. The van der Waals surface area contributed by atoms with Gasteiger partial charge < -0.3 is 16.0 Å². The molecule has 7 heteroatoms. The largest absolute Gasteiger partial charge is 0.355 e. The van der Waals surface area contributed by atoms with Gasteiger partial charge in [-0.2, -0.15) is 11.8 Å². The van der Waals surface area contributed by atoms with Crippen molar-refractivity contribution in [2.75, 3.05) is 30.0 Å². The second-order valence-corrected chi connectivity index (χ2v) is 6.69. The Hall–Kier alpha value is -1.24. The monoisotopic (exact) mass is 371 g/mol. The fraction of sp³-hybridized carbons (Fsp3) is 0.529. The molecule has 0 aliphatic carbocycles. The number of carbonyl (C=O) groups excluding carboxylic acids is 2. The Bertz CT molecular complexity index is 556. The van der Waals surface area contributed by atoms with Crippen molar-refractivity contribution in [1.29, 1.82) is 0 Å². The Kier molecular flexibility index (Phi) is 9.18. The third-order valence-electron chi connectivity index (χ3n) is 4.02. The molecule has 0 saturated carbocycles. The number of nitrogens with two attached hydrogens (primary N) is 1. The number of carbonyl (C=O) groups is 2. The van der Waals surface area contributed by atoms with Crippen LogP contribution >= 0.6 is 24.2 Å². The summed E-state index contributed by atoms with van der Waals surface area (Å²) in [4.78, 5) is 25.9. The van der Waals surface area contributed by atoms with Crippen LogP contribution < -0.4 is 16.0 Å². The van der Waals surface area contributed by atoms with Crippen LogP contribution in [0.5, 0.6) is 0 Å². The van der Waals surface area contributed by atoms with E-state index in [4.69, 9.17) is 5.73 Å². The van der Waals surface area contributed by atoms with Crippen LogP contribution in [0.3, 0.4) is 0 Å². The van der Waals surface area contributed by atoms with Crippen molar-refractivity contribution in [3.63, 3.8) is 0 Å². The van der Waals surface area contributed by atoms with E-state index >= 15 is 0 Å². The minimum Gasteiger partial charge on any atom is -0.355 e. The van der Waals surface area contributed by atoms with Gasteiger partial charge in [0.2, 0.25) is 11.8 Å². The molecule has 0 saturated heterocycles. The zero-order valence-corrected chi connectivity index (χ0v) is 15.6. The number of para-hydroxylation sites is 1. The molecule has 5 nitrogen and oxygen atoms in total. The zero-order valence-electron chi connectivity index (χ0n) is 14.0. The molecule has 1 heterocycles. The van der Waals surface area contributed by atoms with Crippen LogP contribution in [0, 0.1) is 0 Å². The number of hydrogen-bond acceptors (Lipinski definition) is 4. The van der Waals surface area contributed by atoms with Gasteiger partial charge in [0.1, 0.15) is 0 Å². The number of hydrogen-bond donors (Lipinski definition) is 2. The molecule has 0 fully saturated rings. The topological polar surface area (TPSA) is 75.4 Å². The Morgan fingerprint density at radius 3 is 2.88 bits per heavy atom. The maximum atomic E-state index is 12.3. The molecule has 0 unspecified atom stereocenters. The van der Waals surface area contributed by atoms with E-state index in [1.165, 1.54) is 5.56 Å². The summed E-state index contributed by atoms with van der Waals surface area (Å²) >= 11 is 1.68. The number of halogens is 1. The molecule has 24 heavy (non-hydrogen) atoms. The molecule has 2 amide bonds. The highest BCUT2D eigenvalue weighted by Gasteiger charge is 2.23. The number of rotatable bonds is 8. The van der Waals surface area contributed by atoms with E-state index in [-0.39, 0.29) is 24.2 Å². The summed E-state index contributed by atoms with van der Waals surface area (Å²) in [6.07, 6.45) is 4.67. The molecule has 134 valence electrons. The number of thioether (sulfide) groups is 1. The van der Waals surface area contributed by atoms with E-state index in [9.17, 15) is 9.59 Å². The molecular formula is C17H26ClN3O2S. The third kappa shape index (κ3) is 5.69. The molecule has 0 radical (unpaired) electrons. The van der Waals surface area contributed by atoms with Gasteiger partial charge in [0, 0.05) is 25.2 Å². The van der Waals surface area contributed by atoms with Crippen molar-refractivity contribution in [3.05, 3.63) is 29.8 Å². The van der Waals surface area contributed by atoms with Crippen LogP contribution in [0.15, 0.2) is 24.3 Å². The van der Waals surface area contributed by atoms with Crippen LogP contribution in [0.1, 0.15) is 24.8 Å². The first-order chi connectivity index (χ1) is 11.1. The summed E-state index contributed by atoms with van der Waals surface area (Å²) in [5.74, 6) is 0.871. The molecule has 0 spiro atoms. The number of benzene rings is 1. The normalized spacial score (nSPS) is 13.8. The van der Waals surface area contributed by atoms with Gasteiger partial charge >= 0.3 is 0 Å². The molecule has 1 aliphatic rings. The highest BCUT2D eigenvalue weighted by atomic mass is 35.5. The second-order valence-electron chi connectivity index (χ2n) is 5.71. The predicted molar refractivity (Wildman–Crippen MR) is 103 cm³/mol. The lowest BCUT2D eigenvalue weighted by Gasteiger charge is -2.17. The molecule has 0 bridgehead atoms. The van der Waals surface area contributed by atoms with Crippen molar-refractivity contribution in [3.8, 4) is 0 Å². The molecule has 3 N–H and O–H groups in total. The maximum absolute atomic E-state index is 12.3. The highest BCUT2D eigenvalue weighted by Crippen LogP contribution is 2.27. The lowest BCUT2D eigenvalue weighted by Crippen LogP contribution is -2.41. The first kappa shape index (κ1) is 20.8. The summed E-state index contributed by atoms with van der Waals surface area (Å²) < 4.78 is 0. The van der Waals surface area contributed by atoms with Gasteiger partial charge in [0.15, 0.2) is 0 Å². The minimum atomic E-state index is -0.455. The minimum absolute atomic E-state index is 0. The SMILES string of the molecule is CSCC[C@H](N)C(=O)NCCCC(=O)N1CCc2ccccc21.Cl. The van der Waals surface area contributed by atoms with E-state index < -0.39 is 6.04 Å². The molecule has 1 aliphatic heterocycles. The average molecular weight is 372 g/mol. The van der Waals surface area contributed by atoms with Gasteiger partial charge in [-0.1, -0.05) is 18.2 Å². The lowest BCUT2D eigenvalue weighted by molar-refractivity contribution is -0.123. The quantitative estimate of drug-likeness (QED) is 0.685. The number of fused-ring (bicyclic) bond motifs is 1. The van der Waals surface area contributed by atoms with E-state index in [0.717, 1.165) is 24.4 Å². The highest BCUT2D eigenvalue weighted by molar-refractivity contribution is 7.98. The Balaban J connectivity index is 0.00000288. The molecule has 2 rings (SSSR count). The van der Waals surface area contributed by atoms with Crippen molar-refractivity contribution in [2.45, 2.75) is 31.7 Å². The van der Waals surface area contributed by atoms with Crippen molar-refractivity contribution in [2.24, 2.45) is 5.73 Å². The van der Waals surface area contributed by atoms with Crippen LogP contribution in [-0.2, 0) is 16.0 Å². The first-order valence-electron chi connectivity index (χ1n) is 8.04. The van der Waals surface area contributed by atoms with Gasteiger partial charge in [-0.25, -0.2) is 0 Å². The summed E-state index contributed by atoms with van der Waals surface area (Å²) in [5, 5.41) is 2.81. The number of anilines is 1. The van der Waals surface area contributed by atoms with Gasteiger partial charge in [0.05, 0.1) is 6.04 Å². The average Bonchev–Trinajstić information content (AvgIpc) is 3.00. The first-order valence-corrected chi connectivity index (χ1v) is 9.43. The summed E-state index contributed by atoms with van der Waals surface area (Å²) in [5.41, 5.74) is 8.06. The van der Waals surface area contributed by atoms with Crippen LogP contribution in [0.2, 0.25) is 0 Å². The van der Waals surface area contributed by atoms with E-state index in [1.807, 2.05) is 29.4 Å². The van der Waals surface area contributed by atoms with Crippen LogP contribution in [0.25, 0.3) is 0 Å². The van der Waals surface area contributed by atoms with E-state index in [2.05, 4.69) is 11.4 Å². The van der Waals surface area contributed by atoms with Gasteiger partial charge in [-0.05, 0) is 42.9 Å². The van der Waals surface area contributed by atoms with Gasteiger partial charge in [0.25, 0.3) is 0 Å². The third-order valence-corrected chi connectivity index (χ3v) is 4.67. The van der Waals surface area contributed by atoms with Crippen molar-refractivity contribution in [1.82, 2.24) is 5.32 Å². The van der Waals surface area contributed by atoms with Crippen molar-refractivity contribution < 1.29 is 9.59 Å². The zero-order chi connectivity index (χ0) is 16.7. The fourth-order valence-electron chi connectivity index (χ4n) is 2.69. The second kappa shape index (κ2) is 10.6. The van der Waals surface area contributed by atoms with Gasteiger partial charge in [-0.3, -0.25) is 9.59 Å². The Morgan fingerprint density at radius 2 is 2.12 bits per heavy atom. The molecule has 1 atom stereocenters. The number of amides is 2. The molecule has 0 aromatic heterocycles. The molecule has 1 aromatic rings. The standard InChI is InChI=1S/C17H25N3O2S.ClH/c1-23-12-9-14(18)17(22)19-10-4-7-16(21)20-11-8-13-5-2-3-6-15(13)20;/h2-3,5-6,14H,4,7-12,18H2,1H3,(H,19,22);1H/t14-;/m0./s1. The molecular weight excluding hydrogens is 346 g/mol. The summed E-state index contributed by atoms with van der Waals surface area (Å²) in [6, 6.07) is 7.57. The number of nitrogens with zero attached hydrogens (tertiary/aromatic N) is 1. The Morgan fingerprint density at radius 1 is 1.38 bits per heavy atom. The summed E-state index contributed by atoms with van der Waals surface area (Å²) in [7, 11) is 0. The number of nitrogens with one attached hydrogen (secondary N) is 1. The van der Waals surface area contributed by atoms with Crippen LogP contribution in [-0.4, -0.2) is 43.0 Å². The van der Waals surface area contributed by atoms with Crippen molar-refractivity contribution >= 4 is 41.7 Å². The van der Waals surface area contributed by atoms with Crippen LogP contribution in [0.4, 0.5) is 5.69 Å². The fourth-order valence-corrected chi connectivity index (χ4v) is 3.18. The molecule has 1 aromatic carbocycles. The predicted octanol–water partition coefficient (Wildman–Crippen LogP) is 1.97. The summed E-state index contributed by atoms with van der Waals surface area (Å²) in [6.45, 7) is 1.25. The Labute approximate surface area is 154 Å². The lowest BCUT2D eigenvalue weighted by atomic mass is 10.2. The van der Waals surface area contributed by atoms with E-state index in [1.54, 1.807) is 11.8 Å². The van der Waals surface area contributed by atoms with E-state index in [0.29, 0.717) is 25.8 Å². The maximum Gasteiger partial charge on any atom is 0.236 e. The van der Waals surface area contributed by atoms with Gasteiger partial charge in [-0.15, -0.1) is 12.4 Å².